The smallest absolute Gasteiger partial charge is 0.410 e. The normalized spacial score (nSPS) is 24.3. The molecule has 2 aromatic heterocycles. The second-order valence-electron chi connectivity index (χ2n) is 14.8. The molecule has 13 nitrogen and oxygen atoms in total. The minimum Gasteiger partial charge on any atom is -0.472 e. The first-order valence-corrected chi connectivity index (χ1v) is 18.5. The van der Waals surface area contributed by atoms with Crippen molar-refractivity contribution in [3.8, 4) is 5.88 Å². The molecule has 7 rings (SSSR count). The fraction of sp³-hybridized carbons (Fsp3) is 0.553. The molecule has 3 unspecified atom stereocenters. The minimum absolute atomic E-state index is 0.0741. The third-order valence-corrected chi connectivity index (χ3v) is 10.8. The van der Waals surface area contributed by atoms with E-state index in [1.807, 2.05) is 52.0 Å². The van der Waals surface area contributed by atoms with Gasteiger partial charge in [-0.2, -0.15) is 14.6 Å². The van der Waals surface area contributed by atoms with Crippen LogP contribution in [0.4, 0.5) is 19.8 Å². The monoisotopic (exact) mass is 717 g/mol. The Kier molecular flexibility index (Phi) is 10.5. The van der Waals surface area contributed by atoms with Crippen molar-refractivity contribution in [2.75, 3.05) is 38.0 Å². The molecule has 4 aliphatic heterocycles. The number of likely N-dealkylation sites (tertiary alicyclic amines) is 2. The summed E-state index contributed by atoms with van der Waals surface area (Å²) >= 11 is 0. The largest absolute Gasteiger partial charge is 0.472 e. The molecule has 0 saturated carbocycles. The van der Waals surface area contributed by atoms with Crippen LogP contribution in [-0.4, -0.2) is 104 Å². The van der Waals surface area contributed by atoms with Gasteiger partial charge in [0.15, 0.2) is 11.5 Å². The number of carbonyl (C=O) groups excluding carboxylic acids is 3. The fourth-order valence-electron chi connectivity index (χ4n) is 8.12. The molecule has 3 aromatic rings. The summed E-state index contributed by atoms with van der Waals surface area (Å²) in [7, 11) is 0. The van der Waals surface area contributed by atoms with E-state index >= 15 is 0 Å². The summed E-state index contributed by atoms with van der Waals surface area (Å²) in [5.74, 6) is 0.0192. The molecule has 278 valence electrons. The first-order chi connectivity index (χ1) is 25.1. The van der Waals surface area contributed by atoms with Crippen LogP contribution in [0.1, 0.15) is 75.8 Å². The lowest BCUT2D eigenvalue weighted by Gasteiger charge is -2.38. The predicted octanol–water partition coefficient (Wildman–Crippen LogP) is 5.91. The number of ether oxygens (including phenoxy) is 3. The van der Waals surface area contributed by atoms with Crippen LogP contribution in [0.15, 0.2) is 55.0 Å². The maximum Gasteiger partial charge on any atom is 0.410 e. The van der Waals surface area contributed by atoms with Crippen LogP contribution in [0.3, 0.4) is 0 Å². The molecular formula is C38H48FN7O6. The zero-order valence-corrected chi connectivity index (χ0v) is 29.9. The van der Waals surface area contributed by atoms with Crippen molar-refractivity contribution in [2.45, 2.75) is 95.6 Å². The highest BCUT2D eigenvalue weighted by Gasteiger charge is 2.45. The lowest BCUT2D eigenvalue weighted by molar-refractivity contribution is -0.128. The Bertz CT molecular complexity index is 1770. The Hall–Kier alpha value is -4.88. The van der Waals surface area contributed by atoms with Gasteiger partial charge in [-0.3, -0.25) is 4.79 Å². The third-order valence-electron chi connectivity index (χ3n) is 10.8. The molecule has 0 aliphatic carbocycles. The molecule has 4 atom stereocenters. The number of rotatable bonds is 10. The number of hydrogen-bond acceptors (Lipinski definition) is 9. The van der Waals surface area contributed by atoms with E-state index in [-0.39, 0.29) is 49.4 Å². The van der Waals surface area contributed by atoms with E-state index in [1.165, 1.54) is 4.90 Å². The van der Waals surface area contributed by atoms with E-state index in [0.717, 1.165) is 61.1 Å². The molecular weight excluding hydrogens is 669 g/mol. The van der Waals surface area contributed by atoms with Gasteiger partial charge in [0.25, 0.3) is 5.91 Å². The first-order valence-electron chi connectivity index (χ1n) is 18.5. The molecule has 6 heterocycles. The van der Waals surface area contributed by atoms with Crippen LogP contribution in [-0.2, 0) is 20.9 Å². The Balaban J connectivity index is 0.971. The van der Waals surface area contributed by atoms with Crippen LogP contribution in [0.2, 0.25) is 0 Å². The standard InChI is InChI=1S/C38H48FN7O6/c1-24(2)32-20-41-46-33(18-34(42-35(32)46)51-30-10-7-14-44(22-30)37(48)50-23-26-8-5-4-6-9-26)40-19-27-16-28-11-12-29(17-27)45(28)38(49)52-31-13-15-43(21-31)36(47)25(3)39/h4-6,8-9,18,20,24,27-31,40H,3,7,10-17,19,21-23H2,1-2H3/t27?,28?,29?,30-,31?/m1/s1. The van der Waals surface area contributed by atoms with Crippen LogP contribution >= 0.6 is 0 Å². The van der Waals surface area contributed by atoms with E-state index in [0.29, 0.717) is 44.4 Å². The Morgan fingerprint density at radius 3 is 2.46 bits per heavy atom. The average molecular weight is 718 g/mol. The number of piperidine rings is 2. The molecule has 4 fully saturated rings. The first kappa shape index (κ1) is 35.5. The van der Waals surface area contributed by atoms with Crippen LogP contribution < -0.4 is 10.1 Å². The number of anilines is 1. The van der Waals surface area contributed by atoms with Gasteiger partial charge in [-0.1, -0.05) is 50.8 Å². The van der Waals surface area contributed by atoms with Crippen molar-refractivity contribution in [2.24, 2.45) is 5.92 Å². The average Bonchev–Trinajstić information content (AvgIpc) is 3.85. The highest BCUT2D eigenvalue weighted by atomic mass is 19.1. The predicted molar refractivity (Wildman–Crippen MR) is 191 cm³/mol. The van der Waals surface area contributed by atoms with Crippen molar-refractivity contribution < 1.29 is 33.0 Å². The van der Waals surface area contributed by atoms with Gasteiger partial charge in [0.2, 0.25) is 5.88 Å². The van der Waals surface area contributed by atoms with Gasteiger partial charge in [0.05, 0.1) is 19.3 Å². The SMILES string of the molecule is C=C(F)C(=O)N1CCC(OC(=O)N2C3CCC2CC(CNc2cc(O[C@@H]4CCCN(C(=O)OCc5ccccc5)C4)nc4c(C(C)C)cnn24)C3)C1. The zero-order valence-electron chi connectivity index (χ0n) is 29.9. The molecule has 1 aromatic carbocycles. The molecule has 0 spiro atoms. The summed E-state index contributed by atoms with van der Waals surface area (Å²) in [6, 6.07) is 11.7. The number of benzene rings is 1. The van der Waals surface area contributed by atoms with Gasteiger partial charge in [0.1, 0.15) is 24.6 Å². The Morgan fingerprint density at radius 2 is 1.73 bits per heavy atom. The molecule has 14 heteroatoms. The van der Waals surface area contributed by atoms with Crippen molar-refractivity contribution in [1.82, 2.24) is 29.3 Å². The van der Waals surface area contributed by atoms with E-state index in [2.05, 4.69) is 30.8 Å². The summed E-state index contributed by atoms with van der Waals surface area (Å²) in [6.07, 6.45) is 6.05. The number of hydrogen-bond donors (Lipinski definition) is 1. The van der Waals surface area contributed by atoms with Crippen LogP contribution in [0.25, 0.3) is 5.65 Å². The minimum atomic E-state index is -1.00. The fourth-order valence-corrected chi connectivity index (χ4v) is 8.12. The van der Waals surface area contributed by atoms with Crippen molar-refractivity contribution in [3.05, 3.63) is 66.1 Å². The zero-order chi connectivity index (χ0) is 36.4. The van der Waals surface area contributed by atoms with Crippen molar-refractivity contribution >= 4 is 29.6 Å². The lowest BCUT2D eigenvalue weighted by atomic mass is 9.91. The van der Waals surface area contributed by atoms with Gasteiger partial charge in [-0.15, -0.1) is 0 Å². The lowest BCUT2D eigenvalue weighted by Crippen LogP contribution is -2.48. The summed E-state index contributed by atoms with van der Waals surface area (Å²) in [4.78, 5) is 48.0. The van der Waals surface area contributed by atoms with Gasteiger partial charge in [-0.25, -0.2) is 14.0 Å². The van der Waals surface area contributed by atoms with Gasteiger partial charge in [-0.05, 0) is 55.9 Å². The Morgan fingerprint density at radius 1 is 0.981 bits per heavy atom. The van der Waals surface area contributed by atoms with Crippen LogP contribution in [0, 0.1) is 5.92 Å². The summed E-state index contributed by atoms with van der Waals surface area (Å²) in [5.41, 5.74) is 2.68. The molecule has 4 saturated heterocycles. The number of carbonyl (C=O) groups is 3. The van der Waals surface area contributed by atoms with Crippen LogP contribution in [0.5, 0.6) is 5.88 Å². The molecule has 0 radical (unpaired) electrons. The third kappa shape index (κ3) is 7.80. The second-order valence-corrected chi connectivity index (χ2v) is 14.8. The maximum atomic E-state index is 13.3. The molecule has 3 amide bonds. The van der Waals surface area contributed by atoms with Crippen molar-refractivity contribution in [1.29, 1.82) is 0 Å². The van der Waals surface area contributed by atoms with E-state index in [1.54, 1.807) is 4.90 Å². The number of nitrogens with one attached hydrogen (secondary N) is 1. The topological polar surface area (TPSA) is 131 Å². The summed E-state index contributed by atoms with van der Waals surface area (Å²) in [6.45, 7) is 9.76. The van der Waals surface area contributed by atoms with E-state index < -0.39 is 17.8 Å². The molecule has 52 heavy (non-hydrogen) atoms. The van der Waals surface area contributed by atoms with Gasteiger partial charge >= 0.3 is 12.2 Å². The maximum absolute atomic E-state index is 13.3. The summed E-state index contributed by atoms with van der Waals surface area (Å²) in [5, 5.41) is 8.30. The summed E-state index contributed by atoms with van der Waals surface area (Å²) < 4.78 is 33.0. The van der Waals surface area contributed by atoms with E-state index in [4.69, 9.17) is 19.2 Å². The number of nitrogens with zero attached hydrogens (tertiary/aromatic N) is 6. The molecule has 2 bridgehead atoms. The molecule has 1 N–H and O–H groups in total. The Labute approximate surface area is 303 Å². The quantitative estimate of drug-likeness (QED) is 0.255. The number of amides is 3. The second kappa shape index (κ2) is 15.4. The number of fused-ring (bicyclic) bond motifs is 3. The van der Waals surface area contributed by atoms with Gasteiger partial charge in [0, 0.05) is 49.8 Å². The van der Waals surface area contributed by atoms with E-state index in [9.17, 15) is 18.8 Å². The molecule has 4 aliphatic rings. The highest BCUT2D eigenvalue weighted by molar-refractivity contribution is 5.90. The van der Waals surface area contributed by atoms with Crippen molar-refractivity contribution in [3.63, 3.8) is 0 Å². The number of aromatic nitrogens is 3. The highest BCUT2D eigenvalue weighted by Crippen LogP contribution is 2.40. The van der Waals surface area contributed by atoms with Gasteiger partial charge < -0.3 is 34.2 Å². The number of halogens is 1.